The fraction of sp³-hybridized carbons (Fsp3) is 0.600. The van der Waals surface area contributed by atoms with Gasteiger partial charge in [-0.2, -0.15) is 0 Å². The average Bonchev–Trinajstić information content (AvgIpc) is 3.14. The second-order valence-corrected chi connectivity index (χ2v) is 4.92. The molecule has 1 aliphatic carbocycles. The van der Waals surface area contributed by atoms with E-state index in [2.05, 4.69) is 18.3 Å². The molecule has 1 saturated carbocycles. The average molecular weight is 249 g/mol. The molecule has 0 spiro atoms. The predicted molar refractivity (Wildman–Crippen MR) is 73.2 cm³/mol. The molecule has 1 aromatic carbocycles. The summed E-state index contributed by atoms with van der Waals surface area (Å²) in [6, 6.07) is 6.72. The molecule has 2 unspecified atom stereocenters. The van der Waals surface area contributed by atoms with Crippen molar-refractivity contribution in [1.29, 1.82) is 0 Å². The van der Waals surface area contributed by atoms with E-state index >= 15 is 0 Å². The van der Waals surface area contributed by atoms with Gasteiger partial charge in [0.2, 0.25) is 0 Å². The maximum absolute atomic E-state index is 5.43. The van der Waals surface area contributed by atoms with Gasteiger partial charge in [0, 0.05) is 18.2 Å². The summed E-state index contributed by atoms with van der Waals surface area (Å²) in [5.74, 6) is 2.53. The molecule has 1 N–H and O–H groups in total. The minimum Gasteiger partial charge on any atom is -0.493 e. The SMILES string of the molecule is CCCC1CC1NCc1cccc(OC)c1OC. The van der Waals surface area contributed by atoms with Crippen LogP contribution in [0.5, 0.6) is 11.5 Å². The van der Waals surface area contributed by atoms with Crippen LogP contribution in [0.15, 0.2) is 18.2 Å². The third kappa shape index (κ3) is 2.96. The Labute approximate surface area is 109 Å². The van der Waals surface area contributed by atoms with Crippen molar-refractivity contribution in [2.75, 3.05) is 14.2 Å². The van der Waals surface area contributed by atoms with Crippen LogP contribution in [0.3, 0.4) is 0 Å². The van der Waals surface area contributed by atoms with Gasteiger partial charge in [-0.3, -0.25) is 0 Å². The molecule has 2 rings (SSSR count). The lowest BCUT2D eigenvalue weighted by Crippen LogP contribution is -2.18. The van der Waals surface area contributed by atoms with Crippen molar-refractivity contribution in [3.63, 3.8) is 0 Å². The first-order valence-electron chi connectivity index (χ1n) is 6.73. The van der Waals surface area contributed by atoms with Gasteiger partial charge in [-0.25, -0.2) is 0 Å². The topological polar surface area (TPSA) is 30.5 Å². The maximum atomic E-state index is 5.43. The van der Waals surface area contributed by atoms with Crippen molar-refractivity contribution < 1.29 is 9.47 Å². The zero-order chi connectivity index (χ0) is 13.0. The summed E-state index contributed by atoms with van der Waals surface area (Å²) in [5.41, 5.74) is 1.17. The highest BCUT2D eigenvalue weighted by atomic mass is 16.5. The van der Waals surface area contributed by atoms with Gasteiger partial charge in [-0.05, 0) is 24.8 Å². The standard InChI is InChI=1S/C15H23NO2/c1-4-6-11-9-13(11)16-10-12-7-5-8-14(17-2)15(12)18-3/h5,7-8,11,13,16H,4,6,9-10H2,1-3H3. The van der Waals surface area contributed by atoms with Crippen molar-refractivity contribution in [2.45, 2.75) is 38.8 Å². The Morgan fingerprint density at radius 3 is 2.78 bits per heavy atom. The first kappa shape index (κ1) is 13.2. The van der Waals surface area contributed by atoms with Gasteiger partial charge in [-0.1, -0.05) is 25.5 Å². The number of methoxy groups -OCH3 is 2. The highest BCUT2D eigenvalue weighted by Gasteiger charge is 2.35. The van der Waals surface area contributed by atoms with Crippen molar-refractivity contribution >= 4 is 0 Å². The van der Waals surface area contributed by atoms with Crippen molar-refractivity contribution in [3.8, 4) is 11.5 Å². The summed E-state index contributed by atoms with van der Waals surface area (Å²) >= 11 is 0. The Bertz CT molecular complexity index is 392. The number of para-hydroxylation sites is 1. The molecule has 1 aliphatic rings. The molecule has 3 heteroatoms. The molecule has 3 nitrogen and oxygen atoms in total. The Hall–Kier alpha value is -1.22. The number of hydrogen-bond acceptors (Lipinski definition) is 3. The van der Waals surface area contributed by atoms with Crippen LogP contribution in [0, 0.1) is 5.92 Å². The number of ether oxygens (including phenoxy) is 2. The van der Waals surface area contributed by atoms with Crippen molar-refractivity contribution in [2.24, 2.45) is 5.92 Å². The summed E-state index contributed by atoms with van der Waals surface area (Å²) in [5, 5.41) is 3.60. The molecule has 0 heterocycles. The smallest absolute Gasteiger partial charge is 0.165 e. The fourth-order valence-electron chi connectivity index (χ4n) is 2.52. The third-order valence-corrected chi connectivity index (χ3v) is 3.62. The molecule has 1 aromatic rings. The van der Waals surface area contributed by atoms with Crippen LogP contribution < -0.4 is 14.8 Å². The normalized spacial score (nSPS) is 21.7. The van der Waals surface area contributed by atoms with E-state index in [-0.39, 0.29) is 0 Å². The summed E-state index contributed by atoms with van der Waals surface area (Å²) in [7, 11) is 3.37. The van der Waals surface area contributed by atoms with E-state index in [0.29, 0.717) is 6.04 Å². The second-order valence-electron chi connectivity index (χ2n) is 4.92. The molecular formula is C15H23NO2. The molecule has 0 radical (unpaired) electrons. The lowest BCUT2D eigenvalue weighted by molar-refractivity contribution is 0.350. The predicted octanol–water partition coefficient (Wildman–Crippen LogP) is 2.98. The van der Waals surface area contributed by atoms with Gasteiger partial charge in [-0.15, -0.1) is 0 Å². The molecule has 100 valence electrons. The summed E-state index contributed by atoms with van der Waals surface area (Å²) in [6.45, 7) is 3.10. The molecule has 2 atom stereocenters. The van der Waals surface area contributed by atoms with Crippen LogP contribution in [-0.2, 0) is 6.54 Å². The minimum atomic E-state index is 0.695. The first-order chi connectivity index (χ1) is 8.80. The molecule has 0 amide bonds. The molecule has 18 heavy (non-hydrogen) atoms. The van der Waals surface area contributed by atoms with Crippen molar-refractivity contribution in [1.82, 2.24) is 5.32 Å². The molecule has 1 fully saturated rings. The zero-order valence-electron chi connectivity index (χ0n) is 11.5. The van der Waals surface area contributed by atoms with Gasteiger partial charge >= 0.3 is 0 Å². The monoisotopic (exact) mass is 249 g/mol. The lowest BCUT2D eigenvalue weighted by Gasteiger charge is -2.13. The zero-order valence-corrected chi connectivity index (χ0v) is 11.5. The molecule has 0 bridgehead atoms. The summed E-state index contributed by atoms with van der Waals surface area (Å²) in [6.07, 6.45) is 3.94. The highest BCUT2D eigenvalue weighted by molar-refractivity contribution is 5.46. The van der Waals surface area contributed by atoms with Crippen LogP contribution in [0.1, 0.15) is 31.7 Å². The maximum Gasteiger partial charge on any atom is 0.165 e. The van der Waals surface area contributed by atoms with E-state index in [9.17, 15) is 0 Å². The van der Waals surface area contributed by atoms with E-state index in [1.165, 1.54) is 24.8 Å². The molecular weight excluding hydrogens is 226 g/mol. The van der Waals surface area contributed by atoms with Crippen LogP contribution in [0.25, 0.3) is 0 Å². The van der Waals surface area contributed by atoms with E-state index < -0.39 is 0 Å². The number of nitrogens with one attached hydrogen (secondary N) is 1. The molecule has 0 aromatic heterocycles. The van der Waals surface area contributed by atoms with Gasteiger partial charge in [0.25, 0.3) is 0 Å². The summed E-state index contributed by atoms with van der Waals surface area (Å²) < 4.78 is 10.7. The Morgan fingerprint density at radius 1 is 1.28 bits per heavy atom. The summed E-state index contributed by atoms with van der Waals surface area (Å²) in [4.78, 5) is 0. The Balaban J connectivity index is 1.93. The third-order valence-electron chi connectivity index (χ3n) is 3.62. The van der Waals surface area contributed by atoms with E-state index in [1.807, 2.05) is 12.1 Å². The first-order valence-corrected chi connectivity index (χ1v) is 6.73. The number of hydrogen-bond donors (Lipinski definition) is 1. The van der Waals surface area contributed by atoms with Crippen LogP contribution >= 0.6 is 0 Å². The van der Waals surface area contributed by atoms with E-state index in [4.69, 9.17) is 9.47 Å². The van der Waals surface area contributed by atoms with Gasteiger partial charge in [0.1, 0.15) is 0 Å². The van der Waals surface area contributed by atoms with Crippen LogP contribution in [-0.4, -0.2) is 20.3 Å². The fourth-order valence-corrected chi connectivity index (χ4v) is 2.52. The Morgan fingerprint density at radius 2 is 2.11 bits per heavy atom. The second kappa shape index (κ2) is 6.10. The number of benzene rings is 1. The molecule has 0 saturated heterocycles. The van der Waals surface area contributed by atoms with Crippen LogP contribution in [0.4, 0.5) is 0 Å². The minimum absolute atomic E-state index is 0.695. The van der Waals surface area contributed by atoms with Gasteiger partial charge in [0.15, 0.2) is 11.5 Å². The number of rotatable bonds is 7. The molecule has 0 aliphatic heterocycles. The van der Waals surface area contributed by atoms with E-state index in [1.54, 1.807) is 14.2 Å². The van der Waals surface area contributed by atoms with E-state index in [0.717, 1.165) is 24.0 Å². The van der Waals surface area contributed by atoms with Gasteiger partial charge in [0.05, 0.1) is 14.2 Å². The van der Waals surface area contributed by atoms with Gasteiger partial charge < -0.3 is 14.8 Å². The lowest BCUT2D eigenvalue weighted by atomic mass is 10.1. The van der Waals surface area contributed by atoms with Crippen LogP contribution in [0.2, 0.25) is 0 Å². The largest absolute Gasteiger partial charge is 0.493 e. The van der Waals surface area contributed by atoms with Crippen molar-refractivity contribution in [3.05, 3.63) is 23.8 Å². The highest BCUT2D eigenvalue weighted by Crippen LogP contribution is 2.36. The quantitative estimate of drug-likeness (QED) is 0.806. The Kier molecular flexibility index (Phi) is 4.48.